The molecule has 0 saturated carbocycles. The number of hydrogen-bond acceptors (Lipinski definition) is 5. The van der Waals surface area contributed by atoms with Gasteiger partial charge in [-0.25, -0.2) is 9.37 Å². The fourth-order valence-electron chi connectivity index (χ4n) is 1.28. The van der Waals surface area contributed by atoms with Crippen molar-refractivity contribution in [3.8, 4) is 11.8 Å². The van der Waals surface area contributed by atoms with E-state index in [0.29, 0.717) is 11.3 Å². The molecule has 2 N–H and O–H groups in total. The van der Waals surface area contributed by atoms with Crippen molar-refractivity contribution < 1.29 is 4.39 Å². The number of benzene rings is 1. The first kappa shape index (κ1) is 13.0. The molecule has 0 saturated heterocycles. The van der Waals surface area contributed by atoms with E-state index in [9.17, 15) is 4.39 Å². The van der Waals surface area contributed by atoms with Crippen molar-refractivity contribution in [3.05, 3.63) is 41.5 Å². The van der Waals surface area contributed by atoms with Crippen LogP contribution in [-0.2, 0) is 5.75 Å². The van der Waals surface area contributed by atoms with Crippen molar-refractivity contribution >= 4 is 23.3 Å². The Kier molecular flexibility index (Phi) is 4.70. The summed E-state index contributed by atoms with van der Waals surface area (Å²) in [6.45, 7) is 0.225. The Morgan fingerprint density at radius 2 is 2.33 bits per heavy atom. The molecule has 18 heavy (non-hydrogen) atoms. The second kappa shape index (κ2) is 6.50. The molecule has 3 nitrogen and oxygen atoms in total. The van der Waals surface area contributed by atoms with Crippen molar-refractivity contribution in [1.29, 1.82) is 0 Å². The minimum absolute atomic E-state index is 0.225. The van der Waals surface area contributed by atoms with Crippen molar-refractivity contribution in [1.82, 2.24) is 9.36 Å². The van der Waals surface area contributed by atoms with Gasteiger partial charge in [-0.1, -0.05) is 29.7 Å². The average Bonchev–Trinajstić information content (AvgIpc) is 2.89. The first-order chi connectivity index (χ1) is 8.79. The summed E-state index contributed by atoms with van der Waals surface area (Å²) in [7, 11) is 0. The lowest BCUT2D eigenvalue weighted by Crippen LogP contribution is -1.94. The van der Waals surface area contributed by atoms with Gasteiger partial charge in [-0.05, 0) is 29.2 Å². The number of nitrogens with two attached hydrogens (primary N) is 1. The summed E-state index contributed by atoms with van der Waals surface area (Å²) >= 11 is 2.91. The Morgan fingerprint density at radius 1 is 1.44 bits per heavy atom. The van der Waals surface area contributed by atoms with Crippen LogP contribution >= 0.6 is 23.3 Å². The molecule has 0 atom stereocenters. The third-order valence-electron chi connectivity index (χ3n) is 2.06. The summed E-state index contributed by atoms with van der Waals surface area (Å²) in [5, 5.41) is 0. The largest absolute Gasteiger partial charge is 0.320 e. The molecule has 1 heterocycles. The molecular weight excluding hydrogens is 269 g/mol. The molecule has 0 aliphatic carbocycles. The van der Waals surface area contributed by atoms with Crippen LogP contribution in [0.5, 0.6) is 0 Å². The van der Waals surface area contributed by atoms with Gasteiger partial charge < -0.3 is 5.73 Å². The third-order valence-corrected chi connectivity index (χ3v) is 3.93. The van der Waals surface area contributed by atoms with Gasteiger partial charge in [-0.2, -0.15) is 4.37 Å². The minimum Gasteiger partial charge on any atom is -0.320 e. The molecule has 0 fully saturated rings. The number of hydrogen-bond donors (Lipinski definition) is 1. The molecule has 0 aliphatic rings. The second-order valence-electron chi connectivity index (χ2n) is 3.32. The van der Waals surface area contributed by atoms with Gasteiger partial charge in [0, 0.05) is 5.75 Å². The lowest BCUT2D eigenvalue weighted by molar-refractivity contribution is 0.624. The predicted octanol–water partition coefficient (Wildman–Crippen LogP) is 2.28. The smallest absolute Gasteiger partial charge is 0.170 e. The molecule has 1 aromatic heterocycles. The molecule has 92 valence electrons. The van der Waals surface area contributed by atoms with Gasteiger partial charge in [-0.15, -0.1) is 0 Å². The Hall–Kier alpha value is -1.42. The highest BCUT2D eigenvalue weighted by Crippen LogP contribution is 2.23. The van der Waals surface area contributed by atoms with E-state index in [2.05, 4.69) is 21.2 Å². The molecule has 2 aromatic rings. The van der Waals surface area contributed by atoms with Gasteiger partial charge in [0.2, 0.25) is 0 Å². The van der Waals surface area contributed by atoms with E-state index in [1.54, 1.807) is 23.9 Å². The Bertz CT molecular complexity index is 573. The summed E-state index contributed by atoms with van der Waals surface area (Å²) in [5.41, 5.74) is 6.66. The first-order valence-electron chi connectivity index (χ1n) is 5.16. The van der Waals surface area contributed by atoms with Gasteiger partial charge >= 0.3 is 0 Å². The maximum absolute atomic E-state index is 13.4. The molecule has 0 spiro atoms. The maximum Gasteiger partial charge on any atom is 0.170 e. The van der Waals surface area contributed by atoms with Gasteiger partial charge in [0.15, 0.2) is 4.34 Å². The third kappa shape index (κ3) is 3.53. The molecule has 2 rings (SSSR count). The number of nitrogens with zero attached hydrogens (tertiary/aromatic N) is 2. The lowest BCUT2D eigenvalue weighted by Gasteiger charge is -2.01. The number of halogens is 1. The summed E-state index contributed by atoms with van der Waals surface area (Å²) in [6.07, 6.45) is 1.52. The molecule has 0 aliphatic heterocycles. The van der Waals surface area contributed by atoms with Gasteiger partial charge in [0.25, 0.3) is 0 Å². The summed E-state index contributed by atoms with van der Waals surface area (Å²) in [6, 6.07) is 4.92. The van der Waals surface area contributed by atoms with Crippen LogP contribution in [0.3, 0.4) is 0 Å². The zero-order chi connectivity index (χ0) is 12.8. The van der Waals surface area contributed by atoms with Crippen LogP contribution in [0.25, 0.3) is 0 Å². The zero-order valence-corrected chi connectivity index (χ0v) is 11.0. The van der Waals surface area contributed by atoms with Crippen molar-refractivity contribution in [2.24, 2.45) is 5.73 Å². The van der Waals surface area contributed by atoms with E-state index in [1.807, 2.05) is 0 Å². The van der Waals surface area contributed by atoms with E-state index < -0.39 is 0 Å². The zero-order valence-electron chi connectivity index (χ0n) is 9.39. The predicted molar refractivity (Wildman–Crippen MR) is 71.8 cm³/mol. The van der Waals surface area contributed by atoms with Crippen molar-refractivity contribution in [3.63, 3.8) is 0 Å². The second-order valence-corrected chi connectivity index (χ2v) is 5.32. The van der Waals surface area contributed by atoms with E-state index >= 15 is 0 Å². The maximum atomic E-state index is 13.4. The van der Waals surface area contributed by atoms with Crippen LogP contribution in [0, 0.1) is 17.7 Å². The van der Waals surface area contributed by atoms with E-state index in [-0.39, 0.29) is 12.4 Å². The molecular formula is C12H10FN3S2. The van der Waals surface area contributed by atoms with E-state index in [1.165, 1.54) is 23.9 Å². The topological polar surface area (TPSA) is 51.8 Å². The van der Waals surface area contributed by atoms with Crippen LogP contribution in [0.4, 0.5) is 4.39 Å². The highest BCUT2D eigenvalue weighted by Gasteiger charge is 2.03. The molecule has 0 bridgehead atoms. The van der Waals surface area contributed by atoms with Crippen molar-refractivity contribution in [2.45, 2.75) is 10.1 Å². The fraction of sp³-hybridized carbons (Fsp3) is 0.167. The number of thioether (sulfide) groups is 1. The Balaban J connectivity index is 2.09. The monoisotopic (exact) mass is 279 g/mol. The van der Waals surface area contributed by atoms with Crippen LogP contribution in [0.2, 0.25) is 0 Å². The van der Waals surface area contributed by atoms with E-state index in [0.717, 1.165) is 9.90 Å². The fourth-order valence-corrected chi connectivity index (χ4v) is 2.66. The molecule has 0 unspecified atom stereocenters. The summed E-state index contributed by atoms with van der Waals surface area (Å²) < 4.78 is 18.3. The summed E-state index contributed by atoms with van der Waals surface area (Å²) in [4.78, 5) is 4.07. The Morgan fingerprint density at radius 3 is 3.06 bits per heavy atom. The van der Waals surface area contributed by atoms with E-state index in [4.69, 9.17) is 5.73 Å². The van der Waals surface area contributed by atoms with Crippen LogP contribution in [0.15, 0.2) is 28.9 Å². The normalized spacial score (nSPS) is 9.89. The SMILES string of the molecule is NCC#Cc1cc(CSc2ncns2)ccc1F. The summed E-state index contributed by atoms with van der Waals surface area (Å²) in [5.74, 6) is 5.77. The van der Waals surface area contributed by atoms with Crippen LogP contribution in [-0.4, -0.2) is 15.9 Å². The van der Waals surface area contributed by atoms with Gasteiger partial charge in [0.1, 0.15) is 12.1 Å². The minimum atomic E-state index is -0.319. The van der Waals surface area contributed by atoms with Crippen LogP contribution in [0.1, 0.15) is 11.1 Å². The van der Waals surface area contributed by atoms with Gasteiger partial charge in [-0.3, -0.25) is 0 Å². The lowest BCUT2D eigenvalue weighted by atomic mass is 10.1. The average molecular weight is 279 g/mol. The first-order valence-corrected chi connectivity index (χ1v) is 6.92. The van der Waals surface area contributed by atoms with Crippen LogP contribution < -0.4 is 5.73 Å². The van der Waals surface area contributed by atoms with Gasteiger partial charge in [0.05, 0.1) is 12.1 Å². The number of rotatable bonds is 3. The molecule has 6 heteroatoms. The molecule has 1 aromatic carbocycles. The molecule has 0 radical (unpaired) electrons. The number of aromatic nitrogens is 2. The van der Waals surface area contributed by atoms with Crippen molar-refractivity contribution in [2.75, 3.05) is 6.54 Å². The highest BCUT2D eigenvalue weighted by atomic mass is 32.2. The standard InChI is InChI=1S/C12H10FN3S2/c13-11-4-3-9(6-10(11)2-1-5-14)7-17-12-15-8-16-18-12/h3-4,6,8H,5,7,14H2. The quantitative estimate of drug-likeness (QED) is 0.692. The Labute approximate surface area is 113 Å². The highest BCUT2D eigenvalue weighted by molar-refractivity contribution is 8.00. The molecule has 0 amide bonds.